The third-order valence-corrected chi connectivity index (χ3v) is 4.11. The Bertz CT molecular complexity index is 436. The summed E-state index contributed by atoms with van der Waals surface area (Å²) in [5.74, 6) is -0.914. The maximum atomic E-state index is 12.8. The van der Waals surface area contributed by atoms with Crippen molar-refractivity contribution in [3.63, 3.8) is 0 Å². The van der Waals surface area contributed by atoms with E-state index in [9.17, 15) is 9.18 Å². The molecule has 0 amide bonds. The van der Waals surface area contributed by atoms with Crippen molar-refractivity contribution in [2.45, 2.75) is 45.2 Å². The summed E-state index contributed by atoms with van der Waals surface area (Å²) in [4.78, 5) is 11.1. The van der Waals surface area contributed by atoms with Crippen molar-refractivity contribution in [3.05, 3.63) is 35.6 Å². The maximum absolute atomic E-state index is 12.8. The van der Waals surface area contributed by atoms with Crippen molar-refractivity contribution in [2.24, 2.45) is 5.41 Å². The van der Waals surface area contributed by atoms with Crippen LogP contribution in [0.5, 0.6) is 0 Å². The first-order valence-corrected chi connectivity index (χ1v) is 6.71. The van der Waals surface area contributed by atoms with E-state index in [1.165, 1.54) is 12.1 Å². The van der Waals surface area contributed by atoms with Gasteiger partial charge in [-0.1, -0.05) is 12.1 Å². The summed E-state index contributed by atoms with van der Waals surface area (Å²) in [5, 5.41) is 12.6. The Labute approximate surface area is 112 Å². The monoisotopic (exact) mass is 265 g/mol. The molecule has 3 nitrogen and oxygen atoms in total. The van der Waals surface area contributed by atoms with Gasteiger partial charge in [0.2, 0.25) is 0 Å². The van der Waals surface area contributed by atoms with E-state index in [0.29, 0.717) is 25.4 Å². The number of carboxylic acids is 1. The second-order valence-electron chi connectivity index (χ2n) is 5.65. The summed E-state index contributed by atoms with van der Waals surface area (Å²) in [6.45, 7) is 2.53. The molecule has 0 radical (unpaired) electrons. The molecule has 0 saturated heterocycles. The van der Waals surface area contributed by atoms with Crippen molar-refractivity contribution >= 4 is 5.97 Å². The number of carboxylic acid groups (broad SMARTS) is 1. The van der Waals surface area contributed by atoms with Crippen molar-refractivity contribution in [1.82, 2.24) is 5.32 Å². The van der Waals surface area contributed by atoms with Crippen LogP contribution in [-0.2, 0) is 11.3 Å². The van der Waals surface area contributed by atoms with Crippen LogP contribution in [0, 0.1) is 11.2 Å². The van der Waals surface area contributed by atoms with E-state index in [1.807, 2.05) is 6.92 Å². The lowest BCUT2D eigenvalue weighted by Crippen LogP contribution is -2.39. The number of carbonyl (C=O) groups is 1. The molecule has 0 aromatic heterocycles. The van der Waals surface area contributed by atoms with Crippen LogP contribution >= 0.6 is 0 Å². The molecule has 1 aromatic rings. The fourth-order valence-electron chi connectivity index (χ4n) is 2.54. The van der Waals surface area contributed by atoms with Crippen LogP contribution in [-0.4, -0.2) is 17.1 Å². The van der Waals surface area contributed by atoms with E-state index in [0.717, 1.165) is 18.4 Å². The summed E-state index contributed by atoms with van der Waals surface area (Å²) < 4.78 is 12.8. The SMILES string of the molecule is CC1(C(=O)O)CCC(NCc2ccc(F)cc2)CC1. The van der Waals surface area contributed by atoms with Crippen LogP contribution in [0.15, 0.2) is 24.3 Å². The Balaban J connectivity index is 1.80. The number of benzene rings is 1. The minimum atomic E-state index is -0.690. The molecule has 4 heteroatoms. The molecule has 1 saturated carbocycles. The average Bonchev–Trinajstić information content (AvgIpc) is 2.40. The number of nitrogens with one attached hydrogen (secondary N) is 1. The van der Waals surface area contributed by atoms with Gasteiger partial charge >= 0.3 is 5.97 Å². The second-order valence-corrected chi connectivity index (χ2v) is 5.65. The normalized spacial score (nSPS) is 27.2. The highest BCUT2D eigenvalue weighted by Crippen LogP contribution is 2.36. The second kappa shape index (κ2) is 5.70. The van der Waals surface area contributed by atoms with Gasteiger partial charge in [-0.2, -0.15) is 0 Å². The largest absolute Gasteiger partial charge is 0.481 e. The Morgan fingerprint density at radius 1 is 1.37 bits per heavy atom. The smallest absolute Gasteiger partial charge is 0.309 e. The Hall–Kier alpha value is -1.42. The number of hydrogen-bond acceptors (Lipinski definition) is 2. The van der Waals surface area contributed by atoms with Gasteiger partial charge in [0.15, 0.2) is 0 Å². The molecule has 1 aromatic carbocycles. The standard InChI is InChI=1S/C15H20FNO2/c1-15(14(18)19)8-6-13(7-9-15)17-10-11-2-4-12(16)5-3-11/h2-5,13,17H,6-10H2,1H3,(H,18,19). The minimum Gasteiger partial charge on any atom is -0.481 e. The quantitative estimate of drug-likeness (QED) is 0.880. The zero-order valence-electron chi connectivity index (χ0n) is 11.2. The first-order valence-electron chi connectivity index (χ1n) is 6.71. The van der Waals surface area contributed by atoms with E-state index >= 15 is 0 Å². The number of rotatable bonds is 4. The first-order chi connectivity index (χ1) is 8.99. The maximum Gasteiger partial charge on any atom is 0.309 e. The Morgan fingerprint density at radius 2 is 1.95 bits per heavy atom. The number of hydrogen-bond donors (Lipinski definition) is 2. The summed E-state index contributed by atoms with van der Waals surface area (Å²) >= 11 is 0. The van der Waals surface area contributed by atoms with Crippen molar-refractivity contribution in [1.29, 1.82) is 0 Å². The highest BCUT2D eigenvalue weighted by molar-refractivity contribution is 5.74. The van der Waals surface area contributed by atoms with Crippen molar-refractivity contribution in [2.75, 3.05) is 0 Å². The van der Waals surface area contributed by atoms with E-state index < -0.39 is 11.4 Å². The predicted octanol–water partition coefficient (Wildman–Crippen LogP) is 2.95. The minimum absolute atomic E-state index is 0.223. The van der Waals surface area contributed by atoms with Crippen LogP contribution in [0.25, 0.3) is 0 Å². The molecule has 1 fully saturated rings. The molecule has 0 unspecified atom stereocenters. The molecule has 1 aliphatic rings. The van der Waals surface area contributed by atoms with Gasteiger partial charge in [-0.25, -0.2) is 4.39 Å². The van der Waals surface area contributed by atoms with E-state index in [4.69, 9.17) is 5.11 Å². The van der Waals surface area contributed by atoms with Gasteiger partial charge in [0.1, 0.15) is 5.82 Å². The van der Waals surface area contributed by atoms with Gasteiger partial charge in [0.25, 0.3) is 0 Å². The van der Waals surface area contributed by atoms with Crippen LogP contribution in [0.1, 0.15) is 38.2 Å². The van der Waals surface area contributed by atoms with Gasteiger partial charge in [-0.15, -0.1) is 0 Å². The Morgan fingerprint density at radius 3 is 2.47 bits per heavy atom. The molecule has 19 heavy (non-hydrogen) atoms. The molecule has 1 aliphatic carbocycles. The third kappa shape index (κ3) is 3.53. The molecule has 2 N–H and O–H groups in total. The van der Waals surface area contributed by atoms with Gasteiger partial charge in [0, 0.05) is 12.6 Å². The fraction of sp³-hybridized carbons (Fsp3) is 0.533. The molecule has 2 rings (SSSR count). The van der Waals surface area contributed by atoms with Crippen LogP contribution in [0.2, 0.25) is 0 Å². The molecule has 104 valence electrons. The zero-order valence-corrected chi connectivity index (χ0v) is 11.2. The molecular formula is C15H20FNO2. The van der Waals surface area contributed by atoms with Crippen LogP contribution in [0.4, 0.5) is 4.39 Å². The Kier molecular flexibility index (Phi) is 4.20. The molecule has 0 aliphatic heterocycles. The van der Waals surface area contributed by atoms with Crippen LogP contribution in [0.3, 0.4) is 0 Å². The van der Waals surface area contributed by atoms with Crippen molar-refractivity contribution < 1.29 is 14.3 Å². The third-order valence-electron chi connectivity index (χ3n) is 4.11. The first kappa shape index (κ1) is 14.0. The number of halogens is 1. The highest BCUT2D eigenvalue weighted by Gasteiger charge is 2.37. The summed E-state index contributed by atoms with van der Waals surface area (Å²) in [6.07, 6.45) is 3.18. The summed E-state index contributed by atoms with van der Waals surface area (Å²) in [6, 6.07) is 6.81. The molecule has 0 heterocycles. The van der Waals surface area contributed by atoms with E-state index in [-0.39, 0.29) is 5.82 Å². The van der Waals surface area contributed by atoms with Gasteiger partial charge < -0.3 is 10.4 Å². The lowest BCUT2D eigenvalue weighted by atomic mass is 9.74. The average molecular weight is 265 g/mol. The van der Waals surface area contributed by atoms with Gasteiger partial charge in [-0.3, -0.25) is 4.79 Å². The van der Waals surface area contributed by atoms with Crippen LogP contribution < -0.4 is 5.32 Å². The number of aliphatic carboxylic acids is 1. The molecular weight excluding hydrogens is 245 g/mol. The lowest BCUT2D eigenvalue weighted by molar-refractivity contribution is -0.150. The fourth-order valence-corrected chi connectivity index (χ4v) is 2.54. The zero-order chi connectivity index (χ0) is 13.9. The topological polar surface area (TPSA) is 49.3 Å². The van der Waals surface area contributed by atoms with Crippen molar-refractivity contribution in [3.8, 4) is 0 Å². The molecule has 0 bridgehead atoms. The highest BCUT2D eigenvalue weighted by atomic mass is 19.1. The van der Waals surface area contributed by atoms with E-state index in [2.05, 4.69) is 5.32 Å². The van der Waals surface area contributed by atoms with E-state index in [1.54, 1.807) is 12.1 Å². The lowest BCUT2D eigenvalue weighted by Gasteiger charge is -2.34. The molecule has 0 atom stereocenters. The summed E-state index contributed by atoms with van der Waals surface area (Å²) in [7, 11) is 0. The van der Waals surface area contributed by atoms with Gasteiger partial charge in [-0.05, 0) is 50.3 Å². The predicted molar refractivity (Wildman–Crippen MR) is 71.2 cm³/mol. The summed E-state index contributed by atoms with van der Waals surface area (Å²) in [5.41, 5.74) is 0.488. The van der Waals surface area contributed by atoms with Gasteiger partial charge in [0.05, 0.1) is 5.41 Å². The molecule has 0 spiro atoms.